The Morgan fingerprint density at radius 3 is 2.53 bits per heavy atom. The van der Waals surface area contributed by atoms with Crippen LogP contribution in [0.5, 0.6) is 0 Å². The molecule has 0 saturated carbocycles. The molecule has 0 saturated heterocycles. The molecule has 2 rings (SSSR count). The topological polar surface area (TPSA) is 17.1 Å². The number of hydrogen-bond donors (Lipinski definition) is 0. The molecule has 0 unspecified atom stereocenters. The summed E-state index contributed by atoms with van der Waals surface area (Å²) in [4.78, 5) is 10.9. The fourth-order valence-corrected chi connectivity index (χ4v) is 1.98. The van der Waals surface area contributed by atoms with Crippen LogP contribution in [0, 0.1) is 5.82 Å². The zero-order valence-corrected chi connectivity index (χ0v) is 10.1. The van der Waals surface area contributed by atoms with Crippen LogP contribution in [0.2, 0.25) is 10.0 Å². The van der Waals surface area contributed by atoms with Crippen LogP contribution < -0.4 is 0 Å². The van der Waals surface area contributed by atoms with E-state index in [4.69, 9.17) is 23.2 Å². The molecular formula is C13H7Cl2FO. The van der Waals surface area contributed by atoms with Gasteiger partial charge in [-0.05, 0) is 29.8 Å². The van der Waals surface area contributed by atoms with Crippen molar-refractivity contribution >= 4 is 29.5 Å². The molecule has 0 heterocycles. The summed E-state index contributed by atoms with van der Waals surface area (Å²) in [6.07, 6.45) is 0.659. The molecule has 17 heavy (non-hydrogen) atoms. The predicted molar refractivity (Wildman–Crippen MR) is 67.2 cm³/mol. The standard InChI is InChI=1S/C13H7Cl2FO/c14-12-3-1-2-10(13(12)15)11-6-9(16)5-4-8(11)7-17/h1-7H. The Kier molecular flexibility index (Phi) is 3.46. The van der Waals surface area contributed by atoms with E-state index in [2.05, 4.69) is 0 Å². The summed E-state index contributed by atoms with van der Waals surface area (Å²) in [6, 6.07) is 8.92. The maximum atomic E-state index is 13.2. The van der Waals surface area contributed by atoms with Gasteiger partial charge >= 0.3 is 0 Å². The van der Waals surface area contributed by atoms with Crippen LogP contribution >= 0.6 is 23.2 Å². The molecule has 2 aromatic rings. The van der Waals surface area contributed by atoms with Gasteiger partial charge in [-0.2, -0.15) is 0 Å². The highest BCUT2D eigenvalue weighted by atomic mass is 35.5. The zero-order valence-electron chi connectivity index (χ0n) is 8.58. The van der Waals surface area contributed by atoms with Crippen molar-refractivity contribution in [3.63, 3.8) is 0 Å². The van der Waals surface area contributed by atoms with E-state index in [1.165, 1.54) is 18.2 Å². The summed E-state index contributed by atoms with van der Waals surface area (Å²) in [5.74, 6) is -0.429. The molecule has 0 aliphatic rings. The van der Waals surface area contributed by atoms with Gasteiger partial charge in [0.1, 0.15) is 5.82 Å². The van der Waals surface area contributed by atoms with Gasteiger partial charge in [-0.3, -0.25) is 4.79 Å². The number of hydrogen-bond acceptors (Lipinski definition) is 1. The van der Waals surface area contributed by atoms with E-state index in [9.17, 15) is 9.18 Å². The second kappa shape index (κ2) is 4.86. The first-order chi connectivity index (χ1) is 8.13. The second-order valence-electron chi connectivity index (χ2n) is 3.45. The van der Waals surface area contributed by atoms with Gasteiger partial charge in [0.25, 0.3) is 0 Å². The molecule has 0 radical (unpaired) electrons. The van der Waals surface area contributed by atoms with Gasteiger partial charge in [-0.1, -0.05) is 35.3 Å². The third kappa shape index (κ3) is 2.33. The predicted octanol–water partition coefficient (Wildman–Crippen LogP) is 4.61. The molecule has 0 amide bonds. The molecule has 0 bridgehead atoms. The molecule has 0 spiro atoms. The third-order valence-corrected chi connectivity index (χ3v) is 3.20. The Bertz CT molecular complexity index is 582. The number of carbonyl (C=O) groups excluding carboxylic acids is 1. The molecule has 2 aromatic carbocycles. The second-order valence-corrected chi connectivity index (χ2v) is 4.24. The van der Waals surface area contributed by atoms with Crippen molar-refractivity contribution < 1.29 is 9.18 Å². The number of rotatable bonds is 2. The first-order valence-electron chi connectivity index (χ1n) is 4.82. The van der Waals surface area contributed by atoms with Crippen LogP contribution in [0.4, 0.5) is 4.39 Å². The van der Waals surface area contributed by atoms with Gasteiger partial charge in [0.2, 0.25) is 0 Å². The van der Waals surface area contributed by atoms with Crippen LogP contribution in [0.3, 0.4) is 0 Å². The van der Waals surface area contributed by atoms with E-state index in [1.54, 1.807) is 18.2 Å². The fourth-order valence-electron chi connectivity index (χ4n) is 1.58. The molecule has 1 nitrogen and oxygen atoms in total. The highest BCUT2D eigenvalue weighted by Gasteiger charge is 2.11. The van der Waals surface area contributed by atoms with E-state index in [0.717, 1.165) is 0 Å². The van der Waals surface area contributed by atoms with E-state index < -0.39 is 5.82 Å². The highest BCUT2D eigenvalue weighted by Crippen LogP contribution is 2.35. The van der Waals surface area contributed by atoms with Crippen molar-refractivity contribution in [3.05, 3.63) is 57.8 Å². The Hall–Kier alpha value is -1.38. The quantitative estimate of drug-likeness (QED) is 0.727. The van der Waals surface area contributed by atoms with Gasteiger partial charge < -0.3 is 0 Å². The Morgan fingerprint density at radius 1 is 1.06 bits per heavy atom. The van der Waals surface area contributed by atoms with E-state index >= 15 is 0 Å². The van der Waals surface area contributed by atoms with Crippen LogP contribution in [-0.2, 0) is 0 Å². The Morgan fingerprint density at radius 2 is 1.82 bits per heavy atom. The van der Waals surface area contributed by atoms with Crippen molar-refractivity contribution in [2.75, 3.05) is 0 Å². The molecule has 0 aromatic heterocycles. The number of carbonyl (C=O) groups is 1. The lowest BCUT2D eigenvalue weighted by molar-refractivity contribution is 0.112. The SMILES string of the molecule is O=Cc1ccc(F)cc1-c1cccc(Cl)c1Cl. The van der Waals surface area contributed by atoms with Gasteiger partial charge in [0, 0.05) is 11.1 Å². The van der Waals surface area contributed by atoms with Crippen molar-refractivity contribution in [2.45, 2.75) is 0 Å². The summed E-state index contributed by atoms with van der Waals surface area (Å²) in [5.41, 5.74) is 1.35. The zero-order chi connectivity index (χ0) is 12.4. The maximum Gasteiger partial charge on any atom is 0.150 e. The van der Waals surface area contributed by atoms with E-state index in [-0.39, 0.29) is 0 Å². The molecule has 0 fully saturated rings. The minimum Gasteiger partial charge on any atom is -0.298 e. The molecule has 4 heteroatoms. The summed E-state index contributed by atoms with van der Waals surface area (Å²) in [6.45, 7) is 0. The van der Waals surface area contributed by atoms with Crippen LogP contribution in [0.1, 0.15) is 10.4 Å². The van der Waals surface area contributed by atoms with Crippen molar-refractivity contribution in [3.8, 4) is 11.1 Å². The van der Waals surface area contributed by atoms with Crippen molar-refractivity contribution in [1.82, 2.24) is 0 Å². The minimum absolute atomic E-state index is 0.308. The van der Waals surface area contributed by atoms with Crippen LogP contribution in [0.25, 0.3) is 11.1 Å². The van der Waals surface area contributed by atoms with Gasteiger partial charge in [-0.15, -0.1) is 0 Å². The monoisotopic (exact) mass is 268 g/mol. The molecule has 86 valence electrons. The van der Waals surface area contributed by atoms with Gasteiger partial charge in [-0.25, -0.2) is 4.39 Å². The fraction of sp³-hybridized carbons (Fsp3) is 0. The van der Waals surface area contributed by atoms with Crippen LogP contribution in [-0.4, -0.2) is 6.29 Å². The Labute approximate surface area is 108 Å². The molecule has 0 aliphatic carbocycles. The molecule has 0 N–H and O–H groups in total. The minimum atomic E-state index is -0.429. The van der Waals surface area contributed by atoms with Crippen molar-refractivity contribution in [2.24, 2.45) is 0 Å². The lowest BCUT2D eigenvalue weighted by Gasteiger charge is -2.08. The maximum absolute atomic E-state index is 13.2. The summed E-state index contributed by atoms with van der Waals surface area (Å²) in [5, 5.41) is 0.674. The molecular weight excluding hydrogens is 262 g/mol. The summed E-state index contributed by atoms with van der Waals surface area (Å²) < 4.78 is 13.2. The molecule has 0 atom stereocenters. The third-order valence-electron chi connectivity index (χ3n) is 2.38. The normalized spacial score (nSPS) is 10.3. The Balaban J connectivity index is 2.71. The number of halogens is 3. The lowest BCUT2D eigenvalue weighted by atomic mass is 10.0. The van der Waals surface area contributed by atoms with E-state index in [0.29, 0.717) is 33.0 Å². The summed E-state index contributed by atoms with van der Waals surface area (Å²) in [7, 11) is 0. The van der Waals surface area contributed by atoms with E-state index in [1.807, 2.05) is 0 Å². The number of aldehydes is 1. The first-order valence-corrected chi connectivity index (χ1v) is 5.58. The first kappa shape index (κ1) is 12.1. The lowest BCUT2D eigenvalue weighted by Crippen LogP contribution is -1.90. The van der Waals surface area contributed by atoms with Gasteiger partial charge in [0.05, 0.1) is 10.0 Å². The van der Waals surface area contributed by atoms with Crippen molar-refractivity contribution in [1.29, 1.82) is 0 Å². The van der Waals surface area contributed by atoms with Crippen LogP contribution in [0.15, 0.2) is 36.4 Å². The largest absolute Gasteiger partial charge is 0.298 e. The van der Waals surface area contributed by atoms with Gasteiger partial charge in [0.15, 0.2) is 6.29 Å². The highest BCUT2D eigenvalue weighted by molar-refractivity contribution is 6.43. The molecule has 0 aliphatic heterocycles. The average Bonchev–Trinajstić information content (AvgIpc) is 2.33. The average molecular weight is 269 g/mol. The number of benzene rings is 2. The smallest absolute Gasteiger partial charge is 0.150 e. The summed E-state index contributed by atoms with van der Waals surface area (Å²) >= 11 is 11.9.